The molecule has 0 aliphatic heterocycles. The number of hydrogen-bond acceptors (Lipinski definition) is 3. The standard InChI is InChI=1S/C16H23N3O2/c1-3-10(2)14(17)16(21)19-13-6-4-5-11(9-13)15(20)18-12-7-8-12/h4-6,9-10,12,14H,3,7-8,17H2,1-2H3,(H,18,20)(H,19,21). The summed E-state index contributed by atoms with van der Waals surface area (Å²) in [5.74, 6) is -0.199. The molecule has 0 saturated heterocycles. The first-order valence-electron chi connectivity index (χ1n) is 7.48. The number of amides is 2. The van der Waals surface area contributed by atoms with Gasteiger partial charge in [-0.15, -0.1) is 0 Å². The van der Waals surface area contributed by atoms with Crippen molar-refractivity contribution < 1.29 is 9.59 Å². The normalized spacial score (nSPS) is 16.9. The third-order valence-electron chi connectivity index (χ3n) is 3.86. The van der Waals surface area contributed by atoms with E-state index in [2.05, 4.69) is 10.6 Å². The average molecular weight is 289 g/mol. The minimum absolute atomic E-state index is 0.0974. The predicted octanol–water partition coefficient (Wildman–Crippen LogP) is 1.89. The van der Waals surface area contributed by atoms with Gasteiger partial charge in [-0.1, -0.05) is 26.3 Å². The highest BCUT2D eigenvalue weighted by molar-refractivity contribution is 5.98. The van der Waals surface area contributed by atoms with Crippen LogP contribution in [0.3, 0.4) is 0 Å². The SMILES string of the molecule is CCC(C)C(N)C(=O)Nc1cccc(C(=O)NC2CC2)c1. The van der Waals surface area contributed by atoms with Gasteiger partial charge in [0.15, 0.2) is 0 Å². The number of anilines is 1. The first-order valence-corrected chi connectivity index (χ1v) is 7.48. The first-order chi connectivity index (χ1) is 10.0. The summed E-state index contributed by atoms with van der Waals surface area (Å²) in [6.45, 7) is 3.95. The molecule has 2 amide bonds. The van der Waals surface area contributed by atoms with Crippen LogP contribution >= 0.6 is 0 Å². The van der Waals surface area contributed by atoms with Crippen molar-refractivity contribution in [1.29, 1.82) is 0 Å². The van der Waals surface area contributed by atoms with Crippen LogP contribution in [-0.4, -0.2) is 23.9 Å². The van der Waals surface area contributed by atoms with Crippen LogP contribution in [0.5, 0.6) is 0 Å². The largest absolute Gasteiger partial charge is 0.349 e. The molecule has 5 heteroatoms. The minimum atomic E-state index is -0.543. The molecule has 0 heterocycles. The van der Waals surface area contributed by atoms with E-state index in [1.807, 2.05) is 13.8 Å². The molecule has 2 atom stereocenters. The van der Waals surface area contributed by atoms with Crippen LogP contribution in [0.25, 0.3) is 0 Å². The fourth-order valence-corrected chi connectivity index (χ4v) is 1.97. The van der Waals surface area contributed by atoms with Crippen LogP contribution in [0.15, 0.2) is 24.3 Å². The van der Waals surface area contributed by atoms with E-state index in [0.29, 0.717) is 17.3 Å². The maximum atomic E-state index is 12.0. The molecule has 1 aromatic rings. The third-order valence-corrected chi connectivity index (χ3v) is 3.86. The molecule has 0 bridgehead atoms. The highest BCUT2D eigenvalue weighted by Crippen LogP contribution is 2.20. The van der Waals surface area contributed by atoms with Gasteiger partial charge in [-0.05, 0) is 37.0 Å². The molecule has 0 radical (unpaired) electrons. The maximum absolute atomic E-state index is 12.0. The van der Waals surface area contributed by atoms with Crippen molar-refractivity contribution in [3.05, 3.63) is 29.8 Å². The lowest BCUT2D eigenvalue weighted by molar-refractivity contribution is -0.118. The lowest BCUT2D eigenvalue weighted by Gasteiger charge is -2.18. The molecule has 1 aliphatic rings. The Labute approximate surface area is 125 Å². The van der Waals surface area contributed by atoms with Crippen LogP contribution < -0.4 is 16.4 Å². The van der Waals surface area contributed by atoms with E-state index in [1.165, 1.54) is 0 Å². The molecular weight excluding hydrogens is 266 g/mol. The minimum Gasteiger partial charge on any atom is -0.349 e. The van der Waals surface area contributed by atoms with Crippen LogP contribution in [0.2, 0.25) is 0 Å². The van der Waals surface area contributed by atoms with Crippen molar-refractivity contribution >= 4 is 17.5 Å². The Balaban J connectivity index is 1.99. The Morgan fingerprint density at radius 1 is 1.38 bits per heavy atom. The highest BCUT2D eigenvalue weighted by atomic mass is 16.2. The molecule has 0 aromatic heterocycles. The Hall–Kier alpha value is -1.88. The molecule has 2 unspecified atom stereocenters. The zero-order chi connectivity index (χ0) is 15.4. The Kier molecular flexibility index (Phi) is 4.96. The van der Waals surface area contributed by atoms with Crippen molar-refractivity contribution in [3.8, 4) is 0 Å². The number of carbonyl (C=O) groups excluding carboxylic acids is 2. The summed E-state index contributed by atoms with van der Waals surface area (Å²) < 4.78 is 0. The summed E-state index contributed by atoms with van der Waals surface area (Å²) in [4.78, 5) is 24.0. The van der Waals surface area contributed by atoms with E-state index >= 15 is 0 Å². The van der Waals surface area contributed by atoms with Crippen molar-refractivity contribution in [2.24, 2.45) is 11.7 Å². The van der Waals surface area contributed by atoms with Crippen molar-refractivity contribution in [3.63, 3.8) is 0 Å². The van der Waals surface area contributed by atoms with Gasteiger partial charge in [0.2, 0.25) is 5.91 Å². The second-order valence-electron chi connectivity index (χ2n) is 5.73. The quantitative estimate of drug-likeness (QED) is 0.747. The Morgan fingerprint density at radius 2 is 2.10 bits per heavy atom. The van der Waals surface area contributed by atoms with E-state index in [4.69, 9.17) is 5.73 Å². The van der Waals surface area contributed by atoms with Gasteiger partial charge in [-0.2, -0.15) is 0 Å². The molecular formula is C16H23N3O2. The molecule has 5 nitrogen and oxygen atoms in total. The van der Waals surface area contributed by atoms with Gasteiger partial charge in [0.1, 0.15) is 0 Å². The van der Waals surface area contributed by atoms with E-state index in [9.17, 15) is 9.59 Å². The Bertz CT molecular complexity index is 526. The molecule has 1 fully saturated rings. The van der Waals surface area contributed by atoms with Gasteiger partial charge >= 0.3 is 0 Å². The van der Waals surface area contributed by atoms with Crippen molar-refractivity contribution in [2.45, 2.75) is 45.2 Å². The summed E-state index contributed by atoms with van der Waals surface area (Å²) >= 11 is 0. The van der Waals surface area contributed by atoms with Crippen molar-refractivity contribution in [2.75, 3.05) is 5.32 Å². The van der Waals surface area contributed by atoms with Gasteiger partial charge in [-0.3, -0.25) is 9.59 Å². The van der Waals surface area contributed by atoms with Crippen molar-refractivity contribution in [1.82, 2.24) is 5.32 Å². The fourth-order valence-electron chi connectivity index (χ4n) is 1.97. The van der Waals surface area contributed by atoms with Crippen LogP contribution in [0, 0.1) is 5.92 Å². The van der Waals surface area contributed by atoms with Crippen LogP contribution in [0.4, 0.5) is 5.69 Å². The second kappa shape index (κ2) is 6.72. The lowest BCUT2D eigenvalue weighted by Crippen LogP contribution is -2.40. The van der Waals surface area contributed by atoms with E-state index < -0.39 is 6.04 Å². The molecule has 1 aliphatic carbocycles. The van der Waals surface area contributed by atoms with Crippen LogP contribution in [0.1, 0.15) is 43.5 Å². The number of rotatable bonds is 6. The van der Waals surface area contributed by atoms with E-state index in [1.54, 1.807) is 24.3 Å². The topological polar surface area (TPSA) is 84.2 Å². The number of benzene rings is 1. The molecule has 114 valence electrons. The summed E-state index contributed by atoms with van der Waals surface area (Å²) in [6, 6.07) is 6.70. The fraction of sp³-hybridized carbons (Fsp3) is 0.500. The van der Waals surface area contributed by atoms with Gasteiger partial charge in [0.25, 0.3) is 5.91 Å². The van der Waals surface area contributed by atoms with Gasteiger partial charge in [-0.25, -0.2) is 0 Å². The highest BCUT2D eigenvalue weighted by Gasteiger charge is 2.24. The number of nitrogens with two attached hydrogens (primary N) is 1. The Morgan fingerprint density at radius 3 is 2.71 bits per heavy atom. The predicted molar refractivity (Wildman–Crippen MR) is 83.0 cm³/mol. The number of hydrogen-bond donors (Lipinski definition) is 3. The molecule has 4 N–H and O–H groups in total. The second-order valence-corrected chi connectivity index (χ2v) is 5.73. The summed E-state index contributed by atoms with van der Waals surface area (Å²) in [5.41, 5.74) is 7.05. The number of nitrogens with one attached hydrogen (secondary N) is 2. The lowest BCUT2D eigenvalue weighted by atomic mass is 9.99. The number of carbonyl (C=O) groups is 2. The average Bonchev–Trinajstić information content (AvgIpc) is 3.29. The maximum Gasteiger partial charge on any atom is 0.251 e. The zero-order valence-corrected chi connectivity index (χ0v) is 12.6. The smallest absolute Gasteiger partial charge is 0.251 e. The van der Waals surface area contributed by atoms with Crippen LogP contribution in [-0.2, 0) is 4.79 Å². The summed E-state index contributed by atoms with van der Waals surface area (Å²) in [5, 5.41) is 5.70. The molecule has 0 spiro atoms. The molecule has 2 rings (SSSR count). The molecule has 21 heavy (non-hydrogen) atoms. The van der Waals surface area contributed by atoms with E-state index in [-0.39, 0.29) is 17.7 Å². The van der Waals surface area contributed by atoms with E-state index in [0.717, 1.165) is 19.3 Å². The third kappa shape index (κ3) is 4.29. The summed E-state index contributed by atoms with van der Waals surface area (Å²) in [7, 11) is 0. The molecule has 1 saturated carbocycles. The van der Waals surface area contributed by atoms with Gasteiger partial charge in [0.05, 0.1) is 6.04 Å². The van der Waals surface area contributed by atoms with Gasteiger partial charge in [0, 0.05) is 17.3 Å². The monoisotopic (exact) mass is 289 g/mol. The summed E-state index contributed by atoms with van der Waals surface area (Å²) in [6.07, 6.45) is 2.94. The first kappa shape index (κ1) is 15.5. The van der Waals surface area contributed by atoms with Gasteiger partial charge < -0.3 is 16.4 Å². The zero-order valence-electron chi connectivity index (χ0n) is 12.6. The molecule has 1 aromatic carbocycles.